The molecule has 1 unspecified atom stereocenters. The molecule has 2 aliphatic rings. The Morgan fingerprint density at radius 2 is 1.13 bits per heavy atom. The van der Waals surface area contributed by atoms with Crippen molar-refractivity contribution < 1.29 is 51.0 Å². The van der Waals surface area contributed by atoms with Gasteiger partial charge in [0.1, 0.15) is 0 Å². The predicted molar refractivity (Wildman–Crippen MR) is 187 cm³/mol. The number of allylic oxidation sites excluding steroid dienone is 4. The molecule has 0 saturated carbocycles. The van der Waals surface area contributed by atoms with E-state index in [1.807, 2.05) is 0 Å². The van der Waals surface area contributed by atoms with E-state index in [0.29, 0.717) is 11.3 Å². The van der Waals surface area contributed by atoms with Crippen LogP contribution in [0.2, 0.25) is 0 Å². The summed E-state index contributed by atoms with van der Waals surface area (Å²) in [6.45, 7) is 37.0. The summed E-state index contributed by atoms with van der Waals surface area (Å²) in [6.07, 6.45) is 12.9. The van der Waals surface area contributed by atoms with E-state index in [9.17, 15) is 0 Å². The molecule has 0 nitrogen and oxygen atoms in total. The summed E-state index contributed by atoms with van der Waals surface area (Å²) >= 11 is 0. The van der Waals surface area contributed by atoms with Gasteiger partial charge in [-0.1, -0.05) is 164 Å². The van der Waals surface area contributed by atoms with Crippen LogP contribution in [0.25, 0.3) is 11.1 Å². The second-order valence-corrected chi connectivity index (χ2v) is 18.1. The molecule has 0 radical (unpaired) electrons. The number of rotatable bonds is 3. The summed E-state index contributed by atoms with van der Waals surface area (Å²) in [5.74, 6) is 0.592. The van der Waals surface area contributed by atoms with Crippen LogP contribution in [0.1, 0.15) is 163 Å². The fourth-order valence-corrected chi connectivity index (χ4v) is 6.19. The Kier molecular flexibility index (Phi) is 15.5. The van der Waals surface area contributed by atoms with Gasteiger partial charge in [0.15, 0.2) is 0 Å². The van der Waals surface area contributed by atoms with Crippen LogP contribution >= 0.6 is 0 Å². The van der Waals surface area contributed by atoms with Gasteiger partial charge in [0.05, 0.1) is 0 Å². The molecule has 2 aromatic carbocycles. The molecule has 4 rings (SSSR count). The van der Waals surface area contributed by atoms with E-state index in [1.165, 1.54) is 69.3 Å². The van der Waals surface area contributed by atoms with E-state index >= 15 is 0 Å². The molecule has 2 aromatic rings. The average molecular weight is 729 g/mol. The monoisotopic (exact) mass is 726 g/mol. The van der Waals surface area contributed by atoms with Crippen LogP contribution in [-0.4, -0.2) is 0 Å². The van der Waals surface area contributed by atoms with Crippen molar-refractivity contribution in [1.82, 2.24) is 0 Å². The maximum absolute atomic E-state index is 3.90. The van der Waals surface area contributed by atoms with Crippen molar-refractivity contribution in [2.45, 2.75) is 158 Å². The first-order chi connectivity index (χ1) is 18.9. The van der Waals surface area contributed by atoms with Crippen LogP contribution in [0.4, 0.5) is 0 Å². The van der Waals surface area contributed by atoms with Gasteiger partial charge in [-0.2, -0.15) is 29.3 Å². The summed E-state index contributed by atoms with van der Waals surface area (Å²) in [4.78, 5) is 0. The molecule has 0 bridgehead atoms. The van der Waals surface area contributed by atoms with E-state index in [2.05, 4.69) is 153 Å². The Morgan fingerprint density at radius 1 is 0.644 bits per heavy atom. The first-order valence-corrected chi connectivity index (χ1v) is 16.5. The second kappa shape index (κ2) is 15.7. The number of hydrogen-bond acceptors (Lipinski definition) is 0. The minimum Gasteiger partial charge on any atom is -1.00 e. The smallest absolute Gasteiger partial charge is 1.00 e. The number of hydrogen-bond donors (Lipinski definition) is 0. The molecule has 3 heteroatoms. The van der Waals surface area contributed by atoms with Gasteiger partial charge in [0.2, 0.25) is 0 Å². The molecular weight excluding hydrogens is 667 g/mol. The molecule has 2 aliphatic carbocycles. The van der Waals surface area contributed by atoms with Crippen molar-refractivity contribution in [1.29, 1.82) is 0 Å². The summed E-state index contributed by atoms with van der Waals surface area (Å²) in [7, 11) is 0. The Morgan fingerprint density at radius 3 is 1.56 bits per heavy atom. The Hall–Kier alpha value is -0.617. The molecule has 0 aliphatic heterocycles. The zero-order chi connectivity index (χ0) is 32.1. The van der Waals surface area contributed by atoms with Gasteiger partial charge in [0, 0.05) is 0 Å². The van der Waals surface area contributed by atoms with Crippen LogP contribution < -0.4 is 24.8 Å². The topological polar surface area (TPSA) is 0 Å². The third-order valence-corrected chi connectivity index (χ3v) is 8.80. The molecule has 0 fully saturated rings. The number of benzene rings is 2. The zero-order valence-electron chi connectivity index (χ0n) is 31.5. The van der Waals surface area contributed by atoms with E-state index in [0.717, 1.165) is 6.42 Å². The van der Waals surface area contributed by atoms with Crippen LogP contribution in [0.5, 0.6) is 0 Å². The van der Waals surface area contributed by atoms with Crippen LogP contribution in [-0.2, 0) is 54.3 Å². The maximum atomic E-state index is 3.90. The SMILES string of the molecule is CC(C)(C)c1[c-]c2c(cc1C(C)(C)C)-c1cc(C(C)(C)C)c(C(C)(C)C)cc1C2.CCCCC1[C-]=CC(C(C)(C)C)=C1.[Cl-].[Cl-].[Zr+4]. The molecule has 0 aromatic heterocycles. The first-order valence-electron chi connectivity index (χ1n) is 16.5. The second-order valence-electron chi connectivity index (χ2n) is 18.1. The number of fused-ring (bicyclic) bond motifs is 3. The van der Waals surface area contributed by atoms with Gasteiger partial charge in [-0.15, -0.1) is 16.7 Å². The summed E-state index contributed by atoms with van der Waals surface area (Å²) in [5, 5.41) is 0. The van der Waals surface area contributed by atoms with E-state index in [1.54, 1.807) is 0 Å². The van der Waals surface area contributed by atoms with Crippen molar-refractivity contribution in [2.24, 2.45) is 11.3 Å². The minimum atomic E-state index is 0. The van der Waals surface area contributed by atoms with Crippen molar-refractivity contribution in [3.8, 4) is 11.1 Å². The molecule has 0 heterocycles. The van der Waals surface area contributed by atoms with Gasteiger partial charge >= 0.3 is 26.2 Å². The normalized spacial score (nSPS) is 15.9. The van der Waals surface area contributed by atoms with Crippen molar-refractivity contribution in [2.75, 3.05) is 0 Å². The quantitative estimate of drug-likeness (QED) is 0.275. The predicted octanol–water partition coefficient (Wildman–Crippen LogP) is 6.39. The van der Waals surface area contributed by atoms with Gasteiger partial charge in [-0.3, -0.25) is 6.08 Å². The zero-order valence-corrected chi connectivity index (χ0v) is 35.5. The van der Waals surface area contributed by atoms with Crippen molar-refractivity contribution >= 4 is 0 Å². The van der Waals surface area contributed by atoms with Crippen LogP contribution in [0, 0.1) is 23.5 Å². The summed E-state index contributed by atoms with van der Waals surface area (Å²) in [6, 6.07) is 11.4. The third-order valence-electron chi connectivity index (χ3n) is 8.80. The fraction of sp³-hybridized carbons (Fsp3) is 0.619. The van der Waals surface area contributed by atoms with E-state index < -0.39 is 0 Å². The molecule has 0 spiro atoms. The van der Waals surface area contributed by atoms with Crippen molar-refractivity contribution in [3.63, 3.8) is 0 Å². The van der Waals surface area contributed by atoms with Crippen LogP contribution in [0.15, 0.2) is 35.9 Å². The summed E-state index contributed by atoms with van der Waals surface area (Å²) < 4.78 is 0. The van der Waals surface area contributed by atoms with Gasteiger partial charge in [-0.25, -0.2) is 6.08 Å². The Balaban J connectivity index is 0.00000103. The molecule has 45 heavy (non-hydrogen) atoms. The maximum Gasteiger partial charge on any atom is 4.00 e. The summed E-state index contributed by atoms with van der Waals surface area (Å²) in [5.41, 5.74) is 13.7. The molecule has 1 atom stereocenters. The largest absolute Gasteiger partial charge is 4.00 e. The third kappa shape index (κ3) is 10.9. The first kappa shape index (κ1) is 44.4. The molecule has 0 amide bonds. The van der Waals surface area contributed by atoms with E-state index in [-0.39, 0.29) is 72.7 Å². The molecule has 0 saturated heterocycles. The van der Waals surface area contributed by atoms with Crippen LogP contribution in [0.3, 0.4) is 0 Å². The average Bonchev–Trinajstić information content (AvgIpc) is 3.43. The van der Waals surface area contributed by atoms with Crippen molar-refractivity contribution in [3.05, 3.63) is 81.4 Å². The Bertz CT molecular complexity index is 1260. The van der Waals surface area contributed by atoms with Gasteiger partial charge < -0.3 is 24.8 Å². The molecule has 248 valence electrons. The standard InChI is InChI=1S/C29H41.C13H21.2ClH.Zr/c1-26(2,3)22-14-18-13-19-15-23(27(4,5)6)25(29(10,11)12)17-21(19)20(18)16-24(22)28(7,8)9;1-5-6-7-11-8-9-12(10-11)13(2,3)4;;;/h14,16-17H,13H2,1-12H3;9-11H,5-7H2,1-4H3;2*1H;/q2*-1;;;+4/p-2. The molecular formula is C42H62Cl2Zr. The van der Waals surface area contributed by atoms with Gasteiger partial charge in [0.25, 0.3) is 0 Å². The number of unbranched alkanes of at least 4 members (excludes halogenated alkanes) is 1. The molecule has 0 N–H and O–H groups in total. The number of halogens is 2. The fourth-order valence-electron chi connectivity index (χ4n) is 6.19. The van der Waals surface area contributed by atoms with Gasteiger partial charge in [-0.05, 0) is 39.4 Å². The minimum absolute atomic E-state index is 0. The van der Waals surface area contributed by atoms with E-state index in [4.69, 9.17) is 0 Å². The Labute approximate surface area is 311 Å².